The molecule has 92 valence electrons. The van der Waals surface area contributed by atoms with Gasteiger partial charge in [0.1, 0.15) is 0 Å². The second-order valence-corrected chi connectivity index (χ2v) is 4.40. The normalized spacial score (nSPS) is 26.4. The van der Waals surface area contributed by atoms with Crippen LogP contribution in [-0.4, -0.2) is 29.6 Å². The Kier molecular flexibility index (Phi) is 4.73. The number of nitrogens with two attached hydrogens (primary N) is 1. The Balaban J connectivity index is 2.37. The summed E-state index contributed by atoms with van der Waals surface area (Å²) in [6.45, 7) is 2.28. The molecule has 16 heavy (non-hydrogen) atoms. The lowest BCUT2D eigenvalue weighted by Crippen LogP contribution is -2.42. The molecular weight excluding hydrogens is 208 g/mol. The topological polar surface area (TPSA) is 92.4 Å². The van der Waals surface area contributed by atoms with Gasteiger partial charge in [-0.05, 0) is 25.2 Å². The third-order valence-corrected chi connectivity index (χ3v) is 3.29. The summed E-state index contributed by atoms with van der Waals surface area (Å²) in [6, 6.07) is -0.482. The van der Waals surface area contributed by atoms with E-state index in [2.05, 4.69) is 5.32 Å². The molecular formula is C11H20N2O3. The van der Waals surface area contributed by atoms with Crippen molar-refractivity contribution in [2.75, 3.05) is 6.54 Å². The van der Waals surface area contributed by atoms with E-state index in [-0.39, 0.29) is 17.7 Å². The van der Waals surface area contributed by atoms with Crippen LogP contribution in [0, 0.1) is 11.8 Å². The van der Waals surface area contributed by atoms with Crippen LogP contribution in [0.2, 0.25) is 0 Å². The molecule has 0 spiro atoms. The molecule has 1 rings (SSSR count). The molecule has 5 heteroatoms. The van der Waals surface area contributed by atoms with Gasteiger partial charge in [-0.25, -0.2) is 0 Å². The van der Waals surface area contributed by atoms with Gasteiger partial charge >= 0.3 is 5.97 Å². The number of carboxylic acid groups (broad SMARTS) is 1. The third-order valence-electron chi connectivity index (χ3n) is 3.29. The molecule has 0 bridgehead atoms. The SMILES string of the molecule is CC[C@@H](N)C(=O)NCC1CCCC1C(=O)O. The minimum Gasteiger partial charge on any atom is -0.481 e. The highest BCUT2D eigenvalue weighted by Gasteiger charge is 2.32. The van der Waals surface area contributed by atoms with Crippen molar-refractivity contribution in [1.29, 1.82) is 0 Å². The zero-order chi connectivity index (χ0) is 12.1. The van der Waals surface area contributed by atoms with Gasteiger partial charge in [-0.1, -0.05) is 13.3 Å². The summed E-state index contributed by atoms with van der Waals surface area (Å²) in [5.41, 5.74) is 5.57. The fourth-order valence-electron chi connectivity index (χ4n) is 2.15. The van der Waals surface area contributed by atoms with E-state index in [4.69, 9.17) is 10.8 Å². The highest BCUT2D eigenvalue weighted by Crippen LogP contribution is 2.31. The number of aliphatic carboxylic acids is 1. The first-order valence-corrected chi connectivity index (χ1v) is 5.82. The van der Waals surface area contributed by atoms with Crippen molar-refractivity contribution in [3.05, 3.63) is 0 Å². The lowest BCUT2D eigenvalue weighted by molar-refractivity contribution is -0.143. The Bertz CT molecular complexity index is 268. The van der Waals surface area contributed by atoms with Crippen molar-refractivity contribution in [3.8, 4) is 0 Å². The molecule has 0 aromatic carbocycles. The van der Waals surface area contributed by atoms with Crippen LogP contribution in [0.25, 0.3) is 0 Å². The molecule has 0 saturated heterocycles. The summed E-state index contributed by atoms with van der Waals surface area (Å²) in [5.74, 6) is -1.18. The Morgan fingerprint density at radius 1 is 1.50 bits per heavy atom. The number of carbonyl (C=O) groups excluding carboxylic acids is 1. The van der Waals surface area contributed by atoms with E-state index in [0.717, 1.165) is 19.3 Å². The highest BCUT2D eigenvalue weighted by atomic mass is 16.4. The molecule has 0 radical (unpaired) electrons. The zero-order valence-corrected chi connectivity index (χ0v) is 9.61. The van der Waals surface area contributed by atoms with Gasteiger partial charge in [0.25, 0.3) is 0 Å². The standard InChI is InChI=1S/C11H20N2O3/c1-2-9(12)10(14)13-6-7-4-3-5-8(7)11(15)16/h7-9H,2-6,12H2,1H3,(H,13,14)(H,15,16)/t7?,8?,9-/m1/s1. The molecule has 4 N–H and O–H groups in total. The Morgan fingerprint density at radius 3 is 2.75 bits per heavy atom. The molecule has 5 nitrogen and oxygen atoms in total. The molecule has 0 heterocycles. The van der Waals surface area contributed by atoms with Gasteiger partial charge < -0.3 is 16.2 Å². The van der Waals surface area contributed by atoms with Crippen LogP contribution in [0.4, 0.5) is 0 Å². The van der Waals surface area contributed by atoms with Crippen molar-refractivity contribution >= 4 is 11.9 Å². The quantitative estimate of drug-likeness (QED) is 0.632. The van der Waals surface area contributed by atoms with E-state index in [1.807, 2.05) is 6.92 Å². The monoisotopic (exact) mass is 228 g/mol. The maximum Gasteiger partial charge on any atom is 0.306 e. The molecule has 3 atom stereocenters. The van der Waals surface area contributed by atoms with Crippen LogP contribution < -0.4 is 11.1 Å². The highest BCUT2D eigenvalue weighted by molar-refractivity contribution is 5.81. The second-order valence-electron chi connectivity index (χ2n) is 4.40. The van der Waals surface area contributed by atoms with Crippen LogP contribution in [0.5, 0.6) is 0 Å². The molecule has 0 aromatic heterocycles. The fraction of sp³-hybridized carbons (Fsp3) is 0.818. The molecule has 1 aliphatic rings. The van der Waals surface area contributed by atoms with E-state index >= 15 is 0 Å². The predicted octanol–water partition coefficient (Wildman–Crippen LogP) is 0.341. The fourth-order valence-corrected chi connectivity index (χ4v) is 2.15. The number of nitrogens with one attached hydrogen (secondary N) is 1. The van der Waals surface area contributed by atoms with Gasteiger partial charge in [0, 0.05) is 6.54 Å². The van der Waals surface area contributed by atoms with E-state index in [1.165, 1.54) is 0 Å². The summed E-state index contributed by atoms with van der Waals surface area (Å²) < 4.78 is 0. The molecule has 1 amide bonds. The van der Waals surface area contributed by atoms with E-state index in [0.29, 0.717) is 13.0 Å². The first kappa shape index (κ1) is 13.0. The van der Waals surface area contributed by atoms with Crippen LogP contribution >= 0.6 is 0 Å². The van der Waals surface area contributed by atoms with Crippen LogP contribution in [0.1, 0.15) is 32.6 Å². The van der Waals surface area contributed by atoms with Crippen molar-refractivity contribution in [2.45, 2.75) is 38.6 Å². The summed E-state index contributed by atoms with van der Waals surface area (Å²) >= 11 is 0. The summed E-state index contributed by atoms with van der Waals surface area (Å²) in [4.78, 5) is 22.3. The molecule has 0 aromatic rings. The average Bonchev–Trinajstić information content (AvgIpc) is 2.72. The van der Waals surface area contributed by atoms with E-state index in [1.54, 1.807) is 0 Å². The average molecular weight is 228 g/mol. The number of carboxylic acids is 1. The first-order chi connectivity index (χ1) is 7.56. The van der Waals surface area contributed by atoms with Crippen LogP contribution in [-0.2, 0) is 9.59 Å². The predicted molar refractivity (Wildman–Crippen MR) is 59.7 cm³/mol. The number of hydrogen-bond donors (Lipinski definition) is 3. The maximum absolute atomic E-state index is 11.4. The molecule has 1 saturated carbocycles. The molecule has 0 aliphatic heterocycles. The smallest absolute Gasteiger partial charge is 0.306 e. The lowest BCUT2D eigenvalue weighted by atomic mass is 9.96. The second kappa shape index (κ2) is 5.84. The molecule has 1 fully saturated rings. The van der Waals surface area contributed by atoms with Crippen LogP contribution in [0.15, 0.2) is 0 Å². The minimum atomic E-state index is -0.753. The minimum absolute atomic E-state index is 0.0607. The number of rotatable bonds is 5. The Hall–Kier alpha value is -1.10. The van der Waals surface area contributed by atoms with Crippen molar-refractivity contribution in [3.63, 3.8) is 0 Å². The number of amides is 1. The number of carbonyl (C=O) groups is 2. The summed E-state index contributed by atoms with van der Waals surface area (Å²) in [7, 11) is 0. The Morgan fingerprint density at radius 2 is 2.19 bits per heavy atom. The van der Waals surface area contributed by atoms with Crippen molar-refractivity contribution < 1.29 is 14.7 Å². The van der Waals surface area contributed by atoms with Gasteiger partial charge in [0.15, 0.2) is 0 Å². The zero-order valence-electron chi connectivity index (χ0n) is 9.61. The van der Waals surface area contributed by atoms with E-state index in [9.17, 15) is 9.59 Å². The lowest BCUT2D eigenvalue weighted by Gasteiger charge is -2.17. The number of hydrogen-bond acceptors (Lipinski definition) is 3. The van der Waals surface area contributed by atoms with Gasteiger partial charge in [0.2, 0.25) is 5.91 Å². The van der Waals surface area contributed by atoms with Gasteiger partial charge in [-0.3, -0.25) is 9.59 Å². The summed E-state index contributed by atoms with van der Waals surface area (Å²) in [5, 5.41) is 11.7. The molecule has 2 unspecified atom stereocenters. The van der Waals surface area contributed by atoms with Crippen molar-refractivity contribution in [1.82, 2.24) is 5.32 Å². The first-order valence-electron chi connectivity index (χ1n) is 5.82. The van der Waals surface area contributed by atoms with Crippen molar-refractivity contribution in [2.24, 2.45) is 17.6 Å². The maximum atomic E-state index is 11.4. The van der Waals surface area contributed by atoms with E-state index < -0.39 is 12.0 Å². The molecule has 1 aliphatic carbocycles. The largest absolute Gasteiger partial charge is 0.481 e. The van der Waals surface area contributed by atoms with Gasteiger partial charge in [0.05, 0.1) is 12.0 Å². The van der Waals surface area contributed by atoms with Gasteiger partial charge in [-0.15, -0.1) is 0 Å². The van der Waals surface area contributed by atoms with Gasteiger partial charge in [-0.2, -0.15) is 0 Å². The summed E-state index contributed by atoms with van der Waals surface area (Å²) in [6.07, 6.45) is 3.12. The third kappa shape index (κ3) is 3.20. The van der Waals surface area contributed by atoms with Crippen LogP contribution in [0.3, 0.4) is 0 Å². The Labute approximate surface area is 95.4 Å².